The zero-order valence-corrected chi connectivity index (χ0v) is 12.8. The molecular weight excluding hydrogens is 260 g/mol. The molecule has 0 unspecified atom stereocenters. The summed E-state index contributed by atoms with van der Waals surface area (Å²) in [5, 5.41) is 2.87. The number of pyridine rings is 1. The lowest BCUT2D eigenvalue weighted by Crippen LogP contribution is -2.40. The highest BCUT2D eigenvalue weighted by Crippen LogP contribution is 2.29. The number of carbonyl (C=O) groups is 1. The number of aryl methyl sites for hydroxylation is 1. The monoisotopic (exact) mass is 282 g/mol. The van der Waals surface area contributed by atoms with Gasteiger partial charge in [-0.15, -0.1) is 0 Å². The molecule has 0 spiro atoms. The molecule has 1 amide bonds. The summed E-state index contributed by atoms with van der Waals surface area (Å²) < 4.78 is 0.0487. The van der Waals surface area contributed by atoms with E-state index in [4.69, 9.17) is 0 Å². The minimum Gasteiger partial charge on any atom is -0.364 e. The predicted molar refractivity (Wildman–Crippen MR) is 81.0 cm³/mol. The third kappa shape index (κ3) is 3.86. The maximum Gasteiger partial charge on any atom is 0.256 e. The van der Waals surface area contributed by atoms with Crippen LogP contribution >= 0.6 is 11.8 Å². The van der Waals surface area contributed by atoms with E-state index in [2.05, 4.69) is 30.4 Å². The largest absolute Gasteiger partial charge is 0.364 e. The van der Waals surface area contributed by atoms with Gasteiger partial charge in [0, 0.05) is 29.2 Å². The second-order valence-corrected chi connectivity index (χ2v) is 5.95. The van der Waals surface area contributed by atoms with E-state index in [0.717, 1.165) is 18.5 Å². The van der Waals surface area contributed by atoms with Crippen molar-refractivity contribution in [2.75, 3.05) is 12.8 Å². The van der Waals surface area contributed by atoms with Crippen LogP contribution in [0.15, 0.2) is 17.1 Å². The molecule has 0 atom stereocenters. The highest BCUT2D eigenvalue weighted by Gasteiger charge is 2.25. The molecule has 5 heteroatoms. The summed E-state index contributed by atoms with van der Waals surface area (Å²) in [7, 11) is 0. The van der Waals surface area contributed by atoms with E-state index < -0.39 is 0 Å². The number of aromatic amines is 1. The van der Waals surface area contributed by atoms with E-state index in [0.29, 0.717) is 6.54 Å². The first-order valence-corrected chi connectivity index (χ1v) is 7.73. The first-order valence-electron chi connectivity index (χ1n) is 6.50. The summed E-state index contributed by atoms with van der Waals surface area (Å²) in [4.78, 5) is 26.7. The van der Waals surface area contributed by atoms with Crippen LogP contribution in [0.4, 0.5) is 0 Å². The zero-order valence-electron chi connectivity index (χ0n) is 12.0. The minimum atomic E-state index is -0.304. The Morgan fingerprint density at radius 3 is 2.53 bits per heavy atom. The first-order chi connectivity index (χ1) is 8.98. The molecule has 0 saturated heterocycles. The number of carbonyl (C=O) groups excluding carboxylic acids is 1. The van der Waals surface area contributed by atoms with E-state index in [9.17, 15) is 9.59 Å². The Labute approximate surface area is 118 Å². The lowest BCUT2D eigenvalue weighted by Gasteiger charge is -2.29. The van der Waals surface area contributed by atoms with E-state index in [1.165, 1.54) is 12.3 Å². The van der Waals surface area contributed by atoms with Gasteiger partial charge in [-0.2, -0.15) is 11.8 Å². The molecule has 0 saturated carbocycles. The number of thioether (sulfide) groups is 1. The molecule has 0 aliphatic carbocycles. The van der Waals surface area contributed by atoms with Crippen LogP contribution in [0.1, 0.15) is 42.7 Å². The van der Waals surface area contributed by atoms with Gasteiger partial charge in [0.2, 0.25) is 0 Å². The van der Waals surface area contributed by atoms with Gasteiger partial charge in [-0.1, -0.05) is 13.8 Å². The van der Waals surface area contributed by atoms with Gasteiger partial charge >= 0.3 is 0 Å². The topological polar surface area (TPSA) is 62.0 Å². The van der Waals surface area contributed by atoms with E-state index in [1.807, 2.05) is 0 Å². The minimum absolute atomic E-state index is 0.0487. The third-order valence-corrected chi connectivity index (χ3v) is 5.18. The van der Waals surface area contributed by atoms with Gasteiger partial charge in [0.05, 0.1) is 0 Å². The fourth-order valence-electron chi connectivity index (χ4n) is 1.95. The maximum absolute atomic E-state index is 12.0. The van der Waals surface area contributed by atoms with Crippen LogP contribution in [0, 0.1) is 6.92 Å². The van der Waals surface area contributed by atoms with Crippen LogP contribution in [-0.4, -0.2) is 28.4 Å². The molecule has 19 heavy (non-hydrogen) atoms. The van der Waals surface area contributed by atoms with Crippen LogP contribution < -0.4 is 10.7 Å². The van der Waals surface area contributed by atoms with Crippen molar-refractivity contribution >= 4 is 17.7 Å². The molecule has 0 radical (unpaired) electrons. The molecule has 0 aliphatic heterocycles. The lowest BCUT2D eigenvalue weighted by atomic mass is 10.0. The smallest absolute Gasteiger partial charge is 0.256 e. The van der Waals surface area contributed by atoms with E-state index in [1.54, 1.807) is 18.7 Å². The molecule has 0 aromatic carbocycles. The van der Waals surface area contributed by atoms with Crippen LogP contribution in [0.25, 0.3) is 0 Å². The number of hydrogen-bond donors (Lipinski definition) is 2. The summed E-state index contributed by atoms with van der Waals surface area (Å²) >= 11 is 1.76. The average molecular weight is 282 g/mol. The van der Waals surface area contributed by atoms with Gasteiger partial charge in [0.25, 0.3) is 5.91 Å². The van der Waals surface area contributed by atoms with Gasteiger partial charge in [-0.3, -0.25) is 9.59 Å². The molecule has 106 valence electrons. The Morgan fingerprint density at radius 2 is 2.05 bits per heavy atom. The SMILES string of the molecule is CCC(CC)(CNC(=O)c1c[nH]c(C)cc1=O)SC. The van der Waals surface area contributed by atoms with Gasteiger partial charge in [-0.05, 0) is 26.0 Å². The molecule has 1 rings (SSSR count). The second-order valence-electron chi connectivity index (χ2n) is 4.67. The van der Waals surface area contributed by atoms with Crippen molar-refractivity contribution in [3.05, 3.63) is 33.7 Å². The van der Waals surface area contributed by atoms with Crippen molar-refractivity contribution in [1.82, 2.24) is 10.3 Å². The normalized spacial score (nSPS) is 11.4. The highest BCUT2D eigenvalue weighted by atomic mass is 32.2. The van der Waals surface area contributed by atoms with Gasteiger partial charge in [-0.25, -0.2) is 0 Å². The van der Waals surface area contributed by atoms with Crippen molar-refractivity contribution in [3.8, 4) is 0 Å². The molecule has 0 aliphatic rings. The summed E-state index contributed by atoms with van der Waals surface area (Å²) in [6, 6.07) is 1.44. The summed E-state index contributed by atoms with van der Waals surface area (Å²) in [6.45, 7) is 6.60. The number of aromatic nitrogens is 1. The summed E-state index contributed by atoms with van der Waals surface area (Å²) in [6.07, 6.45) is 5.49. The van der Waals surface area contributed by atoms with Crippen molar-refractivity contribution in [3.63, 3.8) is 0 Å². The highest BCUT2D eigenvalue weighted by molar-refractivity contribution is 8.00. The Bertz CT molecular complexity index is 484. The molecule has 0 fully saturated rings. The number of H-pyrrole nitrogens is 1. The number of amides is 1. The Morgan fingerprint density at radius 1 is 1.42 bits per heavy atom. The lowest BCUT2D eigenvalue weighted by molar-refractivity contribution is 0.0947. The van der Waals surface area contributed by atoms with Crippen molar-refractivity contribution in [2.45, 2.75) is 38.4 Å². The molecule has 2 N–H and O–H groups in total. The van der Waals surface area contributed by atoms with Crippen molar-refractivity contribution < 1.29 is 4.79 Å². The molecule has 1 aromatic rings. The quantitative estimate of drug-likeness (QED) is 0.842. The Balaban J connectivity index is 2.78. The standard InChI is InChI=1S/C14H22N2O2S/c1-5-14(6-2,19-4)9-16-13(18)11-8-15-10(3)7-12(11)17/h7-8H,5-6,9H2,1-4H3,(H,15,17)(H,16,18). The third-order valence-electron chi connectivity index (χ3n) is 3.59. The molecule has 1 aromatic heterocycles. The van der Waals surface area contributed by atoms with E-state index in [-0.39, 0.29) is 21.6 Å². The van der Waals surface area contributed by atoms with Gasteiger partial charge < -0.3 is 10.3 Å². The fourth-order valence-corrected chi connectivity index (χ4v) is 2.74. The van der Waals surface area contributed by atoms with Gasteiger partial charge in [0.15, 0.2) is 5.43 Å². The van der Waals surface area contributed by atoms with Crippen LogP contribution in [-0.2, 0) is 0 Å². The second kappa shape index (κ2) is 6.80. The maximum atomic E-state index is 12.0. The molecule has 0 bridgehead atoms. The molecule has 4 nitrogen and oxygen atoms in total. The van der Waals surface area contributed by atoms with E-state index >= 15 is 0 Å². The predicted octanol–water partition coefficient (Wildman–Crippen LogP) is 2.33. The van der Waals surface area contributed by atoms with Crippen molar-refractivity contribution in [2.24, 2.45) is 0 Å². The first kappa shape index (κ1) is 15.8. The number of hydrogen-bond acceptors (Lipinski definition) is 3. The zero-order chi connectivity index (χ0) is 14.5. The summed E-state index contributed by atoms with van der Waals surface area (Å²) in [5.74, 6) is -0.304. The Hall–Kier alpha value is -1.23. The van der Waals surface area contributed by atoms with Crippen LogP contribution in [0.3, 0.4) is 0 Å². The number of nitrogens with one attached hydrogen (secondary N) is 2. The van der Waals surface area contributed by atoms with Gasteiger partial charge in [0.1, 0.15) is 5.56 Å². The summed E-state index contributed by atoms with van der Waals surface area (Å²) in [5.41, 5.74) is 0.687. The molecular formula is C14H22N2O2S. The average Bonchev–Trinajstić information content (AvgIpc) is 2.40. The Kier molecular flexibility index (Phi) is 5.66. The number of rotatable bonds is 6. The van der Waals surface area contributed by atoms with Crippen LogP contribution in [0.2, 0.25) is 0 Å². The molecule has 1 heterocycles. The van der Waals surface area contributed by atoms with Crippen molar-refractivity contribution in [1.29, 1.82) is 0 Å². The fraction of sp³-hybridized carbons (Fsp3) is 0.571. The van der Waals surface area contributed by atoms with Crippen LogP contribution in [0.5, 0.6) is 0 Å².